The molecule has 5 nitrogen and oxygen atoms in total. The van der Waals surface area contributed by atoms with E-state index in [9.17, 15) is 9.59 Å². The summed E-state index contributed by atoms with van der Waals surface area (Å²) < 4.78 is 5.42. The minimum Gasteiger partial charge on any atom is -0.454 e. The highest BCUT2D eigenvalue weighted by Gasteiger charge is 2.20. The van der Waals surface area contributed by atoms with Crippen LogP contribution < -0.4 is 0 Å². The van der Waals surface area contributed by atoms with E-state index in [-0.39, 0.29) is 12.4 Å². The molecule has 28 heavy (non-hydrogen) atoms. The first kappa shape index (κ1) is 17.9. The van der Waals surface area contributed by atoms with Crippen LogP contribution in [0.3, 0.4) is 0 Å². The lowest BCUT2D eigenvalue weighted by Crippen LogP contribution is -2.16. The van der Waals surface area contributed by atoms with Crippen molar-refractivity contribution in [2.24, 2.45) is 0 Å². The average molecular weight is 372 g/mol. The molecule has 0 fully saturated rings. The molecule has 0 saturated heterocycles. The standard InChI is InChI=1S/C23H20N2O3/c1-3-18-14(2)22(16-9-5-7-11-20(16)25-18)23(27)28-13-21(26)17-12-24-19-10-6-4-8-15(17)19/h4-12,24H,3,13H2,1-2H3. The zero-order chi connectivity index (χ0) is 19.7. The number of carbonyl (C=O) groups is 2. The Kier molecular flexibility index (Phi) is 4.65. The van der Waals surface area contributed by atoms with Crippen molar-refractivity contribution < 1.29 is 14.3 Å². The van der Waals surface area contributed by atoms with Gasteiger partial charge in [0.25, 0.3) is 0 Å². The molecule has 0 radical (unpaired) electrons. The Labute approximate surface area is 162 Å². The molecule has 0 saturated carbocycles. The lowest BCUT2D eigenvalue weighted by atomic mass is 10.0. The topological polar surface area (TPSA) is 72.0 Å². The van der Waals surface area contributed by atoms with Crippen LogP contribution in [0.1, 0.15) is 38.9 Å². The van der Waals surface area contributed by atoms with Gasteiger partial charge in [-0.05, 0) is 31.0 Å². The number of aromatic amines is 1. The number of fused-ring (bicyclic) bond motifs is 2. The summed E-state index contributed by atoms with van der Waals surface area (Å²) in [4.78, 5) is 33.2. The highest BCUT2D eigenvalue weighted by molar-refractivity contribution is 6.10. The van der Waals surface area contributed by atoms with Crippen LogP contribution in [0.25, 0.3) is 21.8 Å². The molecule has 0 unspecified atom stereocenters. The Bertz CT molecular complexity index is 1210. The third-order valence-electron chi connectivity index (χ3n) is 5.00. The van der Waals surface area contributed by atoms with Gasteiger partial charge in [-0.2, -0.15) is 0 Å². The zero-order valence-electron chi connectivity index (χ0n) is 15.8. The van der Waals surface area contributed by atoms with Gasteiger partial charge in [-0.25, -0.2) is 4.79 Å². The van der Waals surface area contributed by atoms with Crippen LogP contribution in [-0.4, -0.2) is 28.3 Å². The predicted octanol–water partition coefficient (Wildman–Crippen LogP) is 4.63. The zero-order valence-corrected chi connectivity index (χ0v) is 15.8. The second kappa shape index (κ2) is 7.27. The summed E-state index contributed by atoms with van der Waals surface area (Å²) >= 11 is 0. The maximum absolute atomic E-state index is 12.9. The van der Waals surface area contributed by atoms with Gasteiger partial charge in [0.1, 0.15) is 0 Å². The van der Waals surface area contributed by atoms with Crippen molar-refractivity contribution in [3.8, 4) is 0 Å². The van der Waals surface area contributed by atoms with Crippen LogP contribution >= 0.6 is 0 Å². The maximum atomic E-state index is 12.9. The lowest BCUT2D eigenvalue weighted by molar-refractivity contribution is 0.0476. The third kappa shape index (κ3) is 3.05. The van der Waals surface area contributed by atoms with Gasteiger partial charge in [-0.3, -0.25) is 9.78 Å². The van der Waals surface area contributed by atoms with Crippen molar-refractivity contribution in [3.63, 3.8) is 0 Å². The van der Waals surface area contributed by atoms with Gasteiger partial charge in [-0.15, -0.1) is 0 Å². The molecule has 140 valence electrons. The van der Waals surface area contributed by atoms with Crippen LogP contribution in [0.4, 0.5) is 0 Å². The maximum Gasteiger partial charge on any atom is 0.339 e. The summed E-state index contributed by atoms with van der Waals surface area (Å²) in [5, 5.41) is 1.56. The fourth-order valence-corrected chi connectivity index (χ4v) is 3.55. The van der Waals surface area contributed by atoms with E-state index in [1.807, 2.05) is 62.4 Å². The van der Waals surface area contributed by atoms with Crippen LogP contribution in [-0.2, 0) is 11.2 Å². The molecule has 0 aliphatic carbocycles. The number of hydrogen-bond acceptors (Lipinski definition) is 4. The number of nitrogens with one attached hydrogen (secondary N) is 1. The first-order valence-corrected chi connectivity index (χ1v) is 9.24. The van der Waals surface area contributed by atoms with Crippen LogP contribution in [0.2, 0.25) is 0 Å². The summed E-state index contributed by atoms with van der Waals surface area (Å²) in [7, 11) is 0. The number of nitrogens with zero attached hydrogens (tertiary/aromatic N) is 1. The molecule has 0 aliphatic heterocycles. The first-order chi connectivity index (χ1) is 13.6. The number of benzene rings is 2. The van der Waals surface area contributed by atoms with E-state index in [4.69, 9.17) is 4.74 Å². The Morgan fingerprint density at radius 3 is 2.54 bits per heavy atom. The normalized spacial score (nSPS) is 11.1. The van der Waals surface area contributed by atoms with Crippen LogP contribution in [0, 0.1) is 6.92 Å². The quantitative estimate of drug-likeness (QED) is 0.410. The predicted molar refractivity (Wildman–Crippen MR) is 109 cm³/mol. The third-order valence-corrected chi connectivity index (χ3v) is 5.00. The van der Waals surface area contributed by atoms with Crippen molar-refractivity contribution >= 4 is 33.6 Å². The van der Waals surface area contributed by atoms with Gasteiger partial charge < -0.3 is 9.72 Å². The summed E-state index contributed by atoms with van der Waals surface area (Å²) in [5.41, 5.74) is 4.28. The van der Waals surface area contributed by atoms with Crippen molar-refractivity contribution in [3.05, 3.63) is 77.1 Å². The van der Waals surface area contributed by atoms with E-state index in [1.165, 1.54) is 0 Å². The largest absolute Gasteiger partial charge is 0.454 e. The number of para-hydroxylation sites is 2. The van der Waals surface area contributed by atoms with Crippen molar-refractivity contribution in [1.82, 2.24) is 9.97 Å². The molecule has 4 aromatic rings. The molecule has 0 amide bonds. The number of aryl methyl sites for hydroxylation is 1. The Morgan fingerprint density at radius 1 is 1.04 bits per heavy atom. The number of H-pyrrole nitrogens is 1. The van der Waals surface area contributed by atoms with Gasteiger partial charge in [-0.1, -0.05) is 43.3 Å². The van der Waals surface area contributed by atoms with Gasteiger partial charge in [0.2, 0.25) is 5.78 Å². The number of aromatic nitrogens is 2. The summed E-state index contributed by atoms with van der Waals surface area (Å²) in [5.74, 6) is -0.739. The highest BCUT2D eigenvalue weighted by atomic mass is 16.5. The molecule has 0 atom stereocenters. The first-order valence-electron chi connectivity index (χ1n) is 9.24. The number of Topliss-reactive ketones (excluding diaryl/α,β-unsaturated/α-hetero) is 1. The van der Waals surface area contributed by atoms with Gasteiger partial charge in [0, 0.05) is 33.7 Å². The van der Waals surface area contributed by atoms with Gasteiger partial charge >= 0.3 is 5.97 Å². The molecule has 2 heterocycles. The highest BCUT2D eigenvalue weighted by Crippen LogP contribution is 2.25. The van der Waals surface area contributed by atoms with Gasteiger partial charge in [0.05, 0.1) is 11.1 Å². The summed E-state index contributed by atoms with van der Waals surface area (Å²) in [6.45, 7) is 3.56. The average Bonchev–Trinajstić information content (AvgIpc) is 3.15. The molecule has 4 rings (SSSR count). The molecule has 1 N–H and O–H groups in total. The molecular formula is C23H20N2O3. The minimum atomic E-state index is -0.501. The van der Waals surface area contributed by atoms with Crippen molar-refractivity contribution in [2.75, 3.05) is 6.61 Å². The van der Waals surface area contributed by atoms with E-state index < -0.39 is 5.97 Å². The van der Waals surface area contributed by atoms with E-state index in [1.54, 1.807) is 6.20 Å². The Balaban J connectivity index is 1.62. The molecule has 0 spiro atoms. The van der Waals surface area contributed by atoms with E-state index in [0.29, 0.717) is 17.5 Å². The van der Waals surface area contributed by atoms with Gasteiger partial charge in [0.15, 0.2) is 6.61 Å². The van der Waals surface area contributed by atoms with Crippen LogP contribution in [0.5, 0.6) is 0 Å². The number of hydrogen-bond donors (Lipinski definition) is 1. The molecule has 5 heteroatoms. The Morgan fingerprint density at radius 2 is 1.75 bits per heavy atom. The van der Waals surface area contributed by atoms with E-state index in [2.05, 4.69) is 9.97 Å². The molecular weight excluding hydrogens is 352 g/mol. The Hall–Kier alpha value is -3.47. The number of pyridine rings is 1. The number of esters is 1. The second-order valence-corrected chi connectivity index (χ2v) is 6.68. The smallest absolute Gasteiger partial charge is 0.339 e. The summed E-state index contributed by atoms with van der Waals surface area (Å²) in [6, 6.07) is 15.0. The molecule has 2 aromatic heterocycles. The van der Waals surface area contributed by atoms with E-state index >= 15 is 0 Å². The van der Waals surface area contributed by atoms with Crippen LogP contribution in [0.15, 0.2) is 54.7 Å². The molecule has 2 aromatic carbocycles. The lowest BCUT2D eigenvalue weighted by Gasteiger charge is -2.13. The van der Waals surface area contributed by atoms with Crippen molar-refractivity contribution in [2.45, 2.75) is 20.3 Å². The SMILES string of the molecule is CCc1nc2ccccc2c(C(=O)OCC(=O)c2c[nH]c3ccccc23)c1C. The molecule has 0 bridgehead atoms. The minimum absolute atomic E-state index is 0.238. The number of carbonyl (C=O) groups excluding carboxylic acids is 2. The molecule has 0 aliphatic rings. The van der Waals surface area contributed by atoms with Crippen molar-refractivity contribution in [1.29, 1.82) is 0 Å². The fraction of sp³-hybridized carbons (Fsp3) is 0.174. The second-order valence-electron chi connectivity index (χ2n) is 6.68. The summed E-state index contributed by atoms with van der Waals surface area (Å²) in [6.07, 6.45) is 2.37. The number of ether oxygens (including phenoxy) is 1. The monoisotopic (exact) mass is 372 g/mol. The fourth-order valence-electron chi connectivity index (χ4n) is 3.55. The number of ketones is 1. The number of rotatable bonds is 5. The van der Waals surface area contributed by atoms with E-state index in [0.717, 1.165) is 33.1 Å².